The Kier molecular flexibility index (Phi) is 4.83. The first-order valence-corrected chi connectivity index (χ1v) is 7.98. The van der Waals surface area contributed by atoms with E-state index in [1.165, 1.54) is 0 Å². The van der Waals surface area contributed by atoms with E-state index in [0.717, 1.165) is 11.2 Å². The minimum Gasteiger partial charge on any atom is -0.375 e. The molecule has 0 aliphatic heterocycles. The van der Waals surface area contributed by atoms with Crippen LogP contribution in [0, 0.1) is 6.92 Å². The van der Waals surface area contributed by atoms with E-state index < -0.39 is 0 Å². The molecular formula is C18H18ClN3O2. The Balaban J connectivity index is 1.79. The second-order valence-corrected chi connectivity index (χ2v) is 5.84. The van der Waals surface area contributed by atoms with E-state index in [1.807, 2.05) is 49.5 Å². The van der Waals surface area contributed by atoms with E-state index in [0.29, 0.717) is 23.0 Å². The maximum Gasteiger partial charge on any atom is 0.270 e. The monoisotopic (exact) mass is 343 g/mol. The Morgan fingerprint density at radius 2 is 2.04 bits per heavy atom. The van der Waals surface area contributed by atoms with Gasteiger partial charge in [0.2, 0.25) is 0 Å². The van der Waals surface area contributed by atoms with Crippen molar-refractivity contribution >= 4 is 23.2 Å². The van der Waals surface area contributed by atoms with Crippen LogP contribution in [-0.2, 0) is 4.74 Å². The minimum atomic E-state index is -0.317. The van der Waals surface area contributed by atoms with Crippen LogP contribution in [0.3, 0.4) is 0 Å². The summed E-state index contributed by atoms with van der Waals surface area (Å²) in [6.07, 6.45) is 1.51. The van der Waals surface area contributed by atoms with Crippen molar-refractivity contribution < 1.29 is 9.53 Å². The van der Waals surface area contributed by atoms with E-state index in [1.54, 1.807) is 17.6 Å². The quantitative estimate of drug-likeness (QED) is 0.772. The van der Waals surface area contributed by atoms with Gasteiger partial charge in [-0.3, -0.25) is 9.20 Å². The van der Waals surface area contributed by atoms with Crippen molar-refractivity contribution in [2.75, 3.05) is 13.7 Å². The standard InChI is InChI=1S/C18H18ClN3O2/c1-12-17(22-10-6-5-9-16(22)21-12)18(23)20-11-15(24-2)13-7-3-4-8-14(13)19/h3-10,15H,11H2,1-2H3,(H,20,23). The largest absolute Gasteiger partial charge is 0.375 e. The molecule has 0 aliphatic carbocycles. The summed E-state index contributed by atoms with van der Waals surface area (Å²) in [6.45, 7) is 2.14. The first kappa shape index (κ1) is 16.5. The lowest BCUT2D eigenvalue weighted by molar-refractivity contribution is 0.0823. The number of nitrogens with zero attached hydrogens (tertiary/aromatic N) is 2. The van der Waals surface area contributed by atoms with E-state index >= 15 is 0 Å². The molecular weight excluding hydrogens is 326 g/mol. The van der Waals surface area contributed by atoms with Crippen LogP contribution < -0.4 is 5.32 Å². The van der Waals surface area contributed by atoms with Gasteiger partial charge in [-0.05, 0) is 25.1 Å². The van der Waals surface area contributed by atoms with E-state index in [9.17, 15) is 4.79 Å². The predicted molar refractivity (Wildman–Crippen MR) is 93.5 cm³/mol. The average Bonchev–Trinajstić information content (AvgIpc) is 2.92. The molecule has 0 aliphatic rings. The lowest BCUT2D eigenvalue weighted by Gasteiger charge is -2.17. The SMILES string of the molecule is COC(CNC(=O)c1c(C)nc2ccccn12)c1ccccc1Cl. The number of rotatable bonds is 5. The molecule has 24 heavy (non-hydrogen) atoms. The highest BCUT2D eigenvalue weighted by molar-refractivity contribution is 6.31. The summed E-state index contributed by atoms with van der Waals surface area (Å²) in [5, 5.41) is 3.53. The molecule has 1 N–H and O–H groups in total. The number of pyridine rings is 1. The number of methoxy groups -OCH3 is 1. The lowest BCUT2D eigenvalue weighted by Crippen LogP contribution is -2.30. The van der Waals surface area contributed by atoms with Crippen molar-refractivity contribution in [2.45, 2.75) is 13.0 Å². The molecule has 3 rings (SSSR count). The zero-order valence-electron chi connectivity index (χ0n) is 13.5. The number of ether oxygens (including phenoxy) is 1. The first-order chi connectivity index (χ1) is 11.6. The van der Waals surface area contributed by atoms with Gasteiger partial charge in [0.15, 0.2) is 0 Å². The molecule has 5 nitrogen and oxygen atoms in total. The van der Waals surface area contributed by atoms with Crippen LogP contribution in [0.4, 0.5) is 0 Å². The number of benzene rings is 1. The third-order valence-electron chi connectivity index (χ3n) is 3.90. The molecule has 0 saturated carbocycles. The van der Waals surface area contributed by atoms with Crippen molar-refractivity contribution in [1.29, 1.82) is 0 Å². The summed E-state index contributed by atoms with van der Waals surface area (Å²) < 4.78 is 7.26. The maximum atomic E-state index is 12.6. The number of carbonyl (C=O) groups excluding carboxylic acids is 1. The van der Waals surface area contributed by atoms with Crippen molar-refractivity contribution in [2.24, 2.45) is 0 Å². The fraction of sp³-hybridized carbons (Fsp3) is 0.222. The molecule has 0 bridgehead atoms. The van der Waals surface area contributed by atoms with Crippen LogP contribution in [0.2, 0.25) is 5.02 Å². The van der Waals surface area contributed by atoms with Gasteiger partial charge in [0.05, 0.1) is 5.69 Å². The van der Waals surface area contributed by atoms with Crippen LogP contribution in [0.1, 0.15) is 27.8 Å². The molecule has 0 saturated heterocycles. The van der Waals surface area contributed by atoms with E-state index in [4.69, 9.17) is 16.3 Å². The Bertz CT molecular complexity index is 876. The van der Waals surface area contributed by atoms with Crippen molar-refractivity contribution in [3.63, 3.8) is 0 Å². The maximum absolute atomic E-state index is 12.6. The third kappa shape index (κ3) is 3.13. The number of hydrogen-bond donors (Lipinski definition) is 1. The van der Waals surface area contributed by atoms with Crippen LogP contribution in [0.5, 0.6) is 0 Å². The number of nitrogens with one attached hydrogen (secondary N) is 1. The number of aromatic nitrogens is 2. The molecule has 6 heteroatoms. The Morgan fingerprint density at radius 1 is 1.29 bits per heavy atom. The fourth-order valence-electron chi connectivity index (χ4n) is 2.71. The van der Waals surface area contributed by atoms with Gasteiger partial charge in [-0.15, -0.1) is 0 Å². The fourth-order valence-corrected chi connectivity index (χ4v) is 2.97. The normalized spacial score (nSPS) is 12.3. The molecule has 124 valence electrons. The number of hydrogen-bond acceptors (Lipinski definition) is 3. The number of halogens is 1. The molecule has 1 unspecified atom stereocenters. The number of fused-ring (bicyclic) bond motifs is 1. The van der Waals surface area contributed by atoms with E-state index in [2.05, 4.69) is 10.3 Å². The highest BCUT2D eigenvalue weighted by Crippen LogP contribution is 2.24. The number of carbonyl (C=O) groups is 1. The third-order valence-corrected chi connectivity index (χ3v) is 4.25. The van der Waals surface area contributed by atoms with Crippen molar-refractivity contribution in [3.8, 4) is 0 Å². The van der Waals surface area contributed by atoms with Crippen molar-refractivity contribution in [3.05, 3.63) is 70.6 Å². The van der Waals surface area contributed by atoms with Gasteiger partial charge in [0.25, 0.3) is 5.91 Å². The van der Waals surface area contributed by atoms with Crippen LogP contribution in [0.25, 0.3) is 5.65 Å². The predicted octanol–water partition coefficient (Wildman–Crippen LogP) is 3.41. The summed E-state index contributed by atoms with van der Waals surface area (Å²) in [6, 6.07) is 13.1. The minimum absolute atomic E-state index is 0.194. The smallest absolute Gasteiger partial charge is 0.270 e. The van der Waals surface area contributed by atoms with Crippen LogP contribution in [0.15, 0.2) is 48.7 Å². The first-order valence-electron chi connectivity index (χ1n) is 7.61. The molecule has 0 fully saturated rings. The zero-order valence-corrected chi connectivity index (χ0v) is 14.2. The molecule has 0 radical (unpaired) electrons. The average molecular weight is 344 g/mol. The lowest BCUT2D eigenvalue weighted by atomic mass is 10.1. The van der Waals surface area contributed by atoms with Crippen LogP contribution in [-0.4, -0.2) is 28.9 Å². The summed E-state index contributed by atoms with van der Waals surface area (Å²) in [5.41, 5.74) is 2.80. The Labute approximate surface area is 145 Å². The highest BCUT2D eigenvalue weighted by atomic mass is 35.5. The van der Waals surface area contributed by atoms with Gasteiger partial charge in [0.1, 0.15) is 17.4 Å². The Hall–Kier alpha value is -2.37. The zero-order chi connectivity index (χ0) is 17.1. The molecule has 3 aromatic rings. The van der Waals surface area contributed by atoms with Crippen LogP contribution >= 0.6 is 11.6 Å². The second kappa shape index (κ2) is 7.03. The summed E-state index contributed by atoms with van der Waals surface area (Å²) in [4.78, 5) is 17.0. The van der Waals surface area contributed by atoms with Gasteiger partial charge in [-0.1, -0.05) is 35.9 Å². The second-order valence-electron chi connectivity index (χ2n) is 5.43. The summed E-state index contributed by atoms with van der Waals surface area (Å²) in [5.74, 6) is -0.194. The van der Waals surface area contributed by atoms with E-state index in [-0.39, 0.29) is 12.0 Å². The van der Waals surface area contributed by atoms with Crippen molar-refractivity contribution in [1.82, 2.24) is 14.7 Å². The highest BCUT2D eigenvalue weighted by Gasteiger charge is 2.19. The summed E-state index contributed by atoms with van der Waals surface area (Å²) >= 11 is 6.21. The number of aryl methyl sites for hydroxylation is 1. The van der Waals surface area contributed by atoms with Gasteiger partial charge in [-0.2, -0.15) is 0 Å². The molecule has 1 amide bonds. The molecule has 0 spiro atoms. The topological polar surface area (TPSA) is 55.6 Å². The van der Waals surface area contributed by atoms with Gasteiger partial charge >= 0.3 is 0 Å². The summed E-state index contributed by atoms with van der Waals surface area (Å²) in [7, 11) is 1.60. The van der Waals surface area contributed by atoms with Gasteiger partial charge < -0.3 is 10.1 Å². The van der Waals surface area contributed by atoms with Gasteiger partial charge in [0, 0.05) is 30.4 Å². The number of imidazole rings is 1. The Morgan fingerprint density at radius 3 is 2.79 bits per heavy atom. The van der Waals surface area contributed by atoms with Gasteiger partial charge in [-0.25, -0.2) is 4.98 Å². The molecule has 2 heterocycles. The molecule has 2 aromatic heterocycles. The molecule has 1 aromatic carbocycles. The molecule has 1 atom stereocenters. The number of amides is 1.